The Bertz CT molecular complexity index is 691. The van der Waals surface area contributed by atoms with Gasteiger partial charge in [-0.1, -0.05) is 28.1 Å². The number of rotatable bonds is 4. The summed E-state index contributed by atoms with van der Waals surface area (Å²) in [6.45, 7) is 2.51. The van der Waals surface area contributed by atoms with Crippen molar-refractivity contribution in [2.24, 2.45) is 0 Å². The van der Waals surface area contributed by atoms with Gasteiger partial charge in [-0.2, -0.15) is 0 Å². The molecule has 2 aromatic carbocycles. The lowest BCUT2D eigenvalue weighted by molar-refractivity contribution is 0.0977. The molecule has 22 heavy (non-hydrogen) atoms. The van der Waals surface area contributed by atoms with Gasteiger partial charge < -0.3 is 10.1 Å². The second kappa shape index (κ2) is 7.91. The number of anilines is 1. The molecule has 0 heterocycles. The molecule has 2 N–H and O–H groups in total. The Labute approximate surface area is 143 Å². The van der Waals surface area contributed by atoms with Crippen LogP contribution < -0.4 is 15.4 Å². The van der Waals surface area contributed by atoms with Gasteiger partial charge in [0.1, 0.15) is 5.75 Å². The molecule has 0 spiro atoms. The molecule has 0 radical (unpaired) electrons. The van der Waals surface area contributed by atoms with E-state index < -0.39 is 0 Å². The van der Waals surface area contributed by atoms with Gasteiger partial charge in [0.05, 0.1) is 6.61 Å². The molecule has 0 aliphatic carbocycles. The van der Waals surface area contributed by atoms with Crippen molar-refractivity contribution < 1.29 is 9.53 Å². The first-order chi connectivity index (χ1) is 10.6. The van der Waals surface area contributed by atoms with Crippen molar-refractivity contribution in [3.63, 3.8) is 0 Å². The van der Waals surface area contributed by atoms with E-state index in [4.69, 9.17) is 17.0 Å². The first kappa shape index (κ1) is 16.5. The van der Waals surface area contributed by atoms with E-state index in [9.17, 15) is 4.79 Å². The molecule has 0 aromatic heterocycles. The Hall–Kier alpha value is -1.92. The Morgan fingerprint density at radius 3 is 2.73 bits per heavy atom. The van der Waals surface area contributed by atoms with Crippen LogP contribution in [0.3, 0.4) is 0 Å². The lowest BCUT2D eigenvalue weighted by Crippen LogP contribution is -2.34. The third kappa shape index (κ3) is 4.82. The van der Waals surface area contributed by atoms with Crippen LogP contribution >= 0.6 is 28.1 Å². The first-order valence-electron chi connectivity index (χ1n) is 6.69. The fraction of sp³-hybridized carbons (Fsp3) is 0.125. The number of hydrogen-bond acceptors (Lipinski definition) is 3. The summed E-state index contributed by atoms with van der Waals surface area (Å²) in [5, 5.41) is 5.84. The van der Waals surface area contributed by atoms with Crippen molar-refractivity contribution in [1.82, 2.24) is 5.32 Å². The number of benzene rings is 2. The topological polar surface area (TPSA) is 50.4 Å². The maximum Gasteiger partial charge on any atom is 0.257 e. The van der Waals surface area contributed by atoms with E-state index in [2.05, 4.69) is 26.6 Å². The van der Waals surface area contributed by atoms with E-state index in [0.717, 1.165) is 15.9 Å². The van der Waals surface area contributed by atoms with Crippen LogP contribution in [0.25, 0.3) is 0 Å². The SMILES string of the molecule is CCOc1cccc(NC(=S)NC(=O)c2cccc(Br)c2)c1. The average Bonchev–Trinajstić information content (AvgIpc) is 2.47. The summed E-state index contributed by atoms with van der Waals surface area (Å²) in [6, 6.07) is 14.5. The van der Waals surface area contributed by atoms with Crippen molar-refractivity contribution in [3.8, 4) is 5.75 Å². The third-order valence-corrected chi connectivity index (χ3v) is 3.41. The van der Waals surface area contributed by atoms with Gasteiger partial charge in [-0.15, -0.1) is 0 Å². The molecule has 4 nitrogen and oxygen atoms in total. The molecule has 0 atom stereocenters. The Morgan fingerprint density at radius 1 is 1.23 bits per heavy atom. The van der Waals surface area contributed by atoms with Crippen molar-refractivity contribution in [2.45, 2.75) is 6.92 Å². The summed E-state index contributed by atoms with van der Waals surface area (Å²) in [7, 11) is 0. The van der Waals surface area contributed by atoms with E-state index in [1.165, 1.54) is 0 Å². The van der Waals surface area contributed by atoms with Gasteiger partial charge in [-0.25, -0.2) is 0 Å². The maximum atomic E-state index is 12.1. The number of ether oxygens (including phenoxy) is 1. The van der Waals surface area contributed by atoms with Crippen molar-refractivity contribution in [3.05, 3.63) is 58.6 Å². The molecule has 6 heteroatoms. The van der Waals surface area contributed by atoms with E-state index in [-0.39, 0.29) is 11.0 Å². The number of thiocarbonyl (C=S) groups is 1. The molecule has 0 saturated carbocycles. The maximum absolute atomic E-state index is 12.1. The molecule has 2 aromatic rings. The molecule has 0 fully saturated rings. The van der Waals surface area contributed by atoms with Crippen LogP contribution in [0.5, 0.6) is 5.75 Å². The van der Waals surface area contributed by atoms with Gasteiger partial charge in [-0.3, -0.25) is 10.1 Å². The van der Waals surface area contributed by atoms with Gasteiger partial charge in [0, 0.05) is 21.8 Å². The largest absolute Gasteiger partial charge is 0.494 e. The van der Waals surface area contributed by atoms with Gasteiger partial charge >= 0.3 is 0 Å². The molecule has 0 unspecified atom stereocenters. The van der Waals surface area contributed by atoms with Gasteiger partial charge in [-0.05, 0) is 49.5 Å². The second-order valence-corrected chi connectivity index (χ2v) is 5.70. The summed E-state index contributed by atoms with van der Waals surface area (Å²) in [6.07, 6.45) is 0. The predicted molar refractivity (Wildman–Crippen MR) is 95.4 cm³/mol. The van der Waals surface area contributed by atoms with Gasteiger partial charge in [0.15, 0.2) is 5.11 Å². The Morgan fingerprint density at radius 2 is 2.00 bits per heavy atom. The number of carbonyl (C=O) groups is 1. The minimum Gasteiger partial charge on any atom is -0.494 e. The summed E-state index contributed by atoms with van der Waals surface area (Å²) >= 11 is 8.49. The fourth-order valence-electron chi connectivity index (χ4n) is 1.80. The lowest BCUT2D eigenvalue weighted by Gasteiger charge is -2.11. The summed E-state index contributed by atoms with van der Waals surface area (Å²) < 4.78 is 6.25. The molecule has 2 rings (SSSR count). The minimum absolute atomic E-state index is 0.235. The summed E-state index contributed by atoms with van der Waals surface area (Å²) in [5.41, 5.74) is 1.28. The lowest BCUT2D eigenvalue weighted by atomic mass is 10.2. The highest BCUT2D eigenvalue weighted by Crippen LogP contribution is 2.17. The van der Waals surface area contributed by atoms with Crippen LogP contribution in [-0.4, -0.2) is 17.6 Å². The molecule has 114 valence electrons. The van der Waals surface area contributed by atoms with E-state index in [1.807, 2.05) is 37.3 Å². The number of amides is 1. The number of carbonyl (C=O) groups excluding carboxylic acids is 1. The van der Waals surface area contributed by atoms with Gasteiger partial charge in [0.25, 0.3) is 5.91 Å². The quantitative estimate of drug-likeness (QED) is 0.790. The van der Waals surface area contributed by atoms with Gasteiger partial charge in [0.2, 0.25) is 0 Å². The average molecular weight is 379 g/mol. The van der Waals surface area contributed by atoms with Crippen LogP contribution in [0.2, 0.25) is 0 Å². The molecular weight excluding hydrogens is 364 g/mol. The highest BCUT2D eigenvalue weighted by molar-refractivity contribution is 9.10. The van der Waals surface area contributed by atoms with E-state index in [0.29, 0.717) is 12.2 Å². The number of nitrogens with one attached hydrogen (secondary N) is 2. The molecule has 0 bridgehead atoms. The fourth-order valence-corrected chi connectivity index (χ4v) is 2.41. The highest BCUT2D eigenvalue weighted by Gasteiger charge is 2.08. The predicted octanol–water partition coefficient (Wildman–Crippen LogP) is 3.97. The van der Waals surface area contributed by atoms with Crippen molar-refractivity contribution >= 4 is 44.9 Å². The number of halogens is 1. The van der Waals surface area contributed by atoms with Crippen LogP contribution in [0.15, 0.2) is 53.0 Å². The first-order valence-corrected chi connectivity index (χ1v) is 7.89. The highest BCUT2D eigenvalue weighted by atomic mass is 79.9. The van der Waals surface area contributed by atoms with Crippen LogP contribution in [0, 0.1) is 0 Å². The molecule has 1 amide bonds. The van der Waals surface area contributed by atoms with Crippen molar-refractivity contribution in [2.75, 3.05) is 11.9 Å². The van der Waals surface area contributed by atoms with Crippen LogP contribution in [0.4, 0.5) is 5.69 Å². The van der Waals surface area contributed by atoms with E-state index in [1.54, 1.807) is 18.2 Å². The third-order valence-electron chi connectivity index (χ3n) is 2.72. The smallest absolute Gasteiger partial charge is 0.257 e. The number of hydrogen-bond donors (Lipinski definition) is 2. The summed E-state index contributed by atoms with van der Waals surface area (Å²) in [4.78, 5) is 12.1. The molecule has 0 aliphatic rings. The zero-order valence-corrected chi connectivity index (χ0v) is 14.3. The van der Waals surface area contributed by atoms with Crippen molar-refractivity contribution in [1.29, 1.82) is 0 Å². The minimum atomic E-state index is -0.264. The second-order valence-electron chi connectivity index (χ2n) is 4.38. The van der Waals surface area contributed by atoms with Crippen LogP contribution in [-0.2, 0) is 0 Å². The molecule has 0 aliphatic heterocycles. The summed E-state index contributed by atoms with van der Waals surface area (Å²) in [5.74, 6) is 0.480. The zero-order valence-electron chi connectivity index (χ0n) is 11.9. The normalized spacial score (nSPS) is 9.91. The standard InChI is InChI=1S/C16H15BrN2O2S/c1-2-21-14-8-4-7-13(10-14)18-16(22)19-15(20)11-5-3-6-12(17)9-11/h3-10H,2H2,1H3,(H2,18,19,20,22). The molecular formula is C16H15BrN2O2S. The molecule has 0 saturated heterocycles. The monoisotopic (exact) mass is 378 g/mol. The van der Waals surface area contributed by atoms with Crippen LogP contribution in [0.1, 0.15) is 17.3 Å². The zero-order chi connectivity index (χ0) is 15.9. The Kier molecular flexibility index (Phi) is 5.91. The Balaban J connectivity index is 1.98. The van der Waals surface area contributed by atoms with E-state index >= 15 is 0 Å².